The average molecular weight is 234 g/mol. The molecule has 0 radical (unpaired) electrons. The molecule has 0 fully saturated rings. The van der Waals surface area contributed by atoms with Crippen LogP contribution in [0.2, 0.25) is 0 Å². The van der Waals surface area contributed by atoms with Crippen molar-refractivity contribution in [1.29, 1.82) is 0 Å². The van der Waals surface area contributed by atoms with Gasteiger partial charge < -0.3 is 9.47 Å². The zero-order valence-corrected chi connectivity index (χ0v) is 10.3. The maximum atomic E-state index is 12.1. The van der Waals surface area contributed by atoms with Gasteiger partial charge in [0.05, 0.1) is 0 Å². The normalized spacial score (nSPS) is 19.8. The van der Waals surface area contributed by atoms with Crippen LogP contribution in [0.1, 0.15) is 26.7 Å². The highest BCUT2D eigenvalue weighted by molar-refractivity contribution is 5.86. The fraction of sp³-hybridized carbons (Fsp3) is 0.500. The summed E-state index contributed by atoms with van der Waals surface area (Å²) in [4.78, 5) is 12.1. The standard InChI is InChI=1S/C14H18O3/c1-3-6-10(2)14(15)13-9-16-11-7-4-5-8-12(11)17-13/h4-5,7-8,10,13H,3,6,9H2,1-2H3. The minimum atomic E-state index is -0.452. The summed E-state index contributed by atoms with van der Waals surface area (Å²) in [7, 11) is 0. The summed E-state index contributed by atoms with van der Waals surface area (Å²) in [5, 5.41) is 0. The number of ketones is 1. The zero-order chi connectivity index (χ0) is 12.3. The number of Topliss-reactive ketones (excluding diaryl/α,β-unsaturated/α-hetero) is 1. The Morgan fingerprint density at radius 2 is 2.12 bits per heavy atom. The van der Waals surface area contributed by atoms with Crippen LogP contribution in [0.25, 0.3) is 0 Å². The minimum Gasteiger partial charge on any atom is -0.485 e. The molecule has 1 heterocycles. The smallest absolute Gasteiger partial charge is 0.191 e. The first-order chi connectivity index (χ1) is 8.22. The molecule has 17 heavy (non-hydrogen) atoms. The van der Waals surface area contributed by atoms with Crippen molar-refractivity contribution >= 4 is 5.78 Å². The number of hydrogen-bond donors (Lipinski definition) is 0. The number of ether oxygens (including phenoxy) is 2. The van der Waals surface area contributed by atoms with E-state index in [2.05, 4.69) is 6.92 Å². The van der Waals surface area contributed by atoms with Crippen LogP contribution in [0.4, 0.5) is 0 Å². The molecule has 1 aliphatic rings. The Bertz CT molecular complexity index is 400. The lowest BCUT2D eigenvalue weighted by Crippen LogP contribution is -2.39. The van der Waals surface area contributed by atoms with Gasteiger partial charge in [-0.25, -0.2) is 0 Å². The van der Waals surface area contributed by atoms with Crippen molar-refractivity contribution in [2.75, 3.05) is 6.61 Å². The van der Waals surface area contributed by atoms with Crippen LogP contribution in [0.15, 0.2) is 24.3 Å². The first-order valence-electron chi connectivity index (χ1n) is 6.14. The topological polar surface area (TPSA) is 35.5 Å². The van der Waals surface area contributed by atoms with E-state index in [4.69, 9.17) is 9.47 Å². The van der Waals surface area contributed by atoms with Crippen LogP contribution < -0.4 is 9.47 Å². The second-order valence-electron chi connectivity index (χ2n) is 4.46. The van der Waals surface area contributed by atoms with E-state index in [9.17, 15) is 4.79 Å². The molecule has 92 valence electrons. The molecular formula is C14H18O3. The number of fused-ring (bicyclic) bond motifs is 1. The number of hydrogen-bond acceptors (Lipinski definition) is 3. The predicted octanol–water partition coefficient (Wildman–Crippen LogP) is 2.83. The summed E-state index contributed by atoms with van der Waals surface area (Å²) in [6, 6.07) is 7.46. The van der Waals surface area contributed by atoms with Crippen LogP contribution in [-0.4, -0.2) is 18.5 Å². The second kappa shape index (κ2) is 5.21. The van der Waals surface area contributed by atoms with Crippen molar-refractivity contribution in [2.45, 2.75) is 32.8 Å². The molecule has 0 saturated carbocycles. The van der Waals surface area contributed by atoms with Gasteiger partial charge in [0, 0.05) is 5.92 Å². The van der Waals surface area contributed by atoms with Gasteiger partial charge in [-0.15, -0.1) is 0 Å². The molecule has 0 N–H and O–H groups in total. The van der Waals surface area contributed by atoms with E-state index in [1.165, 1.54) is 0 Å². The molecular weight excluding hydrogens is 216 g/mol. The Morgan fingerprint density at radius 3 is 2.82 bits per heavy atom. The number of carbonyl (C=O) groups excluding carboxylic acids is 1. The van der Waals surface area contributed by atoms with Crippen LogP contribution >= 0.6 is 0 Å². The van der Waals surface area contributed by atoms with E-state index in [0.717, 1.165) is 18.6 Å². The number of benzene rings is 1. The van der Waals surface area contributed by atoms with Gasteiger partial charge in [0.25, 0.3) is 0 Å². The molecule has 2 unspecified atom stereocenters. The Labute approximate surface area is 102 Å². The molecule has 0 bridgehead atoms. The van der Waals surface area contributed by atoms with Gasteiger partial charge in [-0.1, -0.05) is 32.4 Å². The Morgan fingerprint density at radius 1 is 1.41 bits per heavy atom. The average Bonchev–Trinajstić information content (AvgIpc) is 2.37. The van der Waals surface area contributed by atoms with Crippen molar-refractivity contribution in [1.82, 2.24) is 0 Å². The molecule has 1 aliphatic heterocycles. The first-order valence-corrected chi connectivity index (χ1v) is 6.14. The summed E-state index contributed by atoms with van der Waals surface area (Å²) in [5.41, 5.74) is 0. The molecule has 1 aromatic rings. The Balaban J connectivity index is 2.05. The molecule has 0 aliphatic carbocycles. The van der Waals surface area contributed by atoms with Crippen LogP contribution in [-0.2, 0) is 4.79 Å². The first kappa shape index (κ1) is 12.0. The van der Waals surface area contributed by atoms with E-state index in [1.54, 1.807) is 0 Å². The van der Waals surface area contributed by atoms with Gasteiger partial charge in [-0.05, 0) is 18.6 Å². The summed E-state index contributed by atoms with van der Waals surface area (Å²) in [6.45, 7) is 4.36. The van der Waals surface area contributed by atoms with Crippen molar-refractivity contribution in [3.05, 3.63) is 24.3 Å². The van der Waals surface area contributed by atoms with Crippen LogP contribution in [0, 0.1) is 5.92 Å². The quantitative estimate of drug-likeness (QED) is 0.803. The van der Waals surface area contributed by atoms with Crippen molar-refractivity contribution < 1.29 is 14.3 Å². The second-order valence-corrected chi connectivity index (χ2v) is 4.46. The van der Waals surface area contributed by atoms with Gasteiger partial charge in [0.2, 0.25) is 0 Å². The third-order valence-corrected chi connectivity index (χ3v) is 3.03. The van der Waals surface area contributed by atoms with Crippen molar-refractivity contribution in [3.8, 4) is 11.5 Å². The summed E-state index contributed by atoms with van der Waals surface area (Å²) >= 11 is 0. The lowest BCUT2D eigenvalue weighted by Gasteiger charge is -2.27. The summed E-state index contributed by atoms with van der Waals surface area (Å²) < 4.78 is 11.2. The highest BCUT2D eigenvalue weighted by Gasteiger charge is 2.29. The molecule has 1 aromatic carbocycles. The zero-order valence-electron chi connectivity index (χ0n) is 10.3. The van der Waals surface area contributed by atoms with E-state index in [0.29, 0.717) is 12.4 Å². The van der Waals surface area contributed by atoms with E-state index in [1.807, 2.05) is 31.2 Å². The molecule has 2 atom stereocenters. The fourth-order valence-corrected chi connectivity index (χ4v) is 2.05. The monoisotopic (exact) mass is 234 g/mol. The Hall–Kier alpha value is -1.51. The van der Waals surface area contributed by atoms with Crippen LogP contribution in [0.3, 0.4) is 0 Å². The molecule has 0 spiro atoms. The fourth-order valence-electron chi connectivity index (χ4n) is 2.05. The van der Waals surface area contributed by atoms with Gasteiger partial charge in [-0.3, -0.25) is 4.79 Å². The van der Waals surface area contributed by atoms with Gasteiger partial charge in [-0.2, -0.15) is 0 Å². The molecule has 0 amide bonds. The maximum absolute atomic E-state index is 12.1. The van der Waals surface area contributed by atoms with Crippen molar-refractivity contribution in [3.63, 3.8) is 0 Å². The molecule has 3 nitrogen and oxygen atoms in total. The lowest BCUT2D eigenvalue weighted by molar-refractivity contribution is -0.131. The van der Waals surface area contributed by atoms with Crippen molar-refractivity contribution in [2.24, 2.45) is 5.92 Å². The molecule has 0 saturated heterocycles. The minimum absolute atomic E-state index is 0.0406. The Kier molecular flexibility index (Phi) is 3.67. The predicted molar refractivity (Wildman–Crippen MR) is 65.4 cm³/mol. The third-order valence-electron chi connectivity index (χ3n) is 3.03. The number of para-hydroxylation sites is 2. The largest absolute Gasteiger partial charge is 0.485 e. The molecule has 2 rings (SSSR count). The molecule has 0 aromatic heterocycles. The van der Waals surface area contributed by atoms with E-state index < -0.39 is 6.10 Å². The number of rotatable bonds is 4. The summed E-state index contributed by atoms with van der Waals surface area (Å²) in [5.74, 6) is 1.57. The number of carbonyl (C=O) groups is 1. The highest BCUT2D eigenvalue weighted by Crippen LogP contribution is 2.31. The highest BCUT2D eigenvalue weighted by atomic mass is 16.6. The van der Waals surface area contributed by atoms with E-state index in [-0.39, 0.29) is 11.7 Å². The lowest BCUT2D eigenvalue weighted by atomic mass is 9.97. The SMILES string of the molecule is CCCC(C)C(=O)C1COc2ccccc2O1. The maximum Gasteiger partial charge on any atom is 0.191 e. The van der Waals surface area contributed by atoms with E-state index >= 15 is 0 Å². The molecule has 3 heteroatoms. The van der Waals surface area contributed by atoms with Gasteiger partial charge in [0.1, 0.15) is 6.61 Å². The van der Waals surface area contributed by atoms with Gasteiger partial charge >= 0.3 is 0 Å². The summed E-state index contributed by atoms with van der Waals surface area (Å²) in [6.07, 6.45) is 1.46. The van der Waals surface area contributed by atoms with Crippen LogP contribution in [0.5, 0.6) is 11.5 Å². The van der Waals surface area contributed by atoms with Gasteiger partial charge in [0.15, 0.2) is 23.4 Å². The third kappa shape index (κ3) is 2.60.